The molecule has 3 heteroatoms. The average molecular weight is 241 g/mol. The van der Waals surface area contributed by atoms with E-state index in [2.05, 4.69) is 11.5 Å². The minimum atomic E-state index is 0.0609. The van der Waals surface area contributed by atoms with Crippen molar-refractivity contribution in [1.82, 2.24) is 5.48 Å². The summed E-state index contributed by atoms with van der Waals surface area (Å²) in [5, 5.41) is 9.04. The SMILES string of the molecule is ONC1CCc2cc(Oc3ccccc3)ccc21. The van der Waals surface area contributed by atoms with Crippen LogP contribution in [0.4, 0.5) is 0 Å². The predicted molar refractivity (Wildman–Crippen MR) is 68.9 cm³/mol. The van der Waals surface area contributed by atoms with Gasteiger partial charge in [0.25, 0.3) is 0 Å². The van der Waals surface area contributed by atoms with Crippen molar-refractivity contribution in [3.8, 4) is 11.5 Å². The van der Waals surface area contributed by atoms with Crippen molar-refractivity contribution in [3.05, 3.63) is 59.7 Å². The highest BCUT2D eigenvalue weighted by Crippen LogP contribution is 2.34. The molecule has 3 nitrogen and oxygen atoms in total. The molecule has 0 amide bonds. The molecule has 2 aromatic rings. The molecular formula is C15H15NO2. The molecule has 1 aliphatic carbocycles. The Morgan fingerprint density at radius 3 is 2.67 bits per heavy atom. The highest BCUT2D eigenvalue weighted by atomic mass is 16.5. The number of para-hydroxylation sites is 1. The van der Waals surface area contributed by atoms with Crippen LogP contribution in [0, 0.1) is 0 Å². The van der Waals surface area contributed by atoms with Gasteiger partial charge in [-0.1, -0.05) is 24.3 Å². The van der Waals surface area contributed by atoms with Gasteiger partial charge in [0.15, 0.2) is 0 Å². The highest BCUT2D eigenvalue weighted by Gasteiger charge is 2.21. The monoisotopic (exact) mass is 241 g/mol. The second-order valence-electron chi connectivity index (χ2n) is 4.50. The number of hydrogen-bond acceptors (Lipinski definition) is 3. The fourth-order valence-corrected chi connectivity index (χ4v) is 2.42. The molecule has 0 fully saturated rings. The van der Waals surface area contributed by atoms with E-state index in [1.54, 1.807) is 0 Å². The Bertz CT molecular complexity index is 539. The second-order valence-corrected chi connectivity index (χ2v) is 4.50. The topological polar surface area (TPSA) is 41.5 Å². The van der Waals surface area contributed by atoms with Gasteiger partial charge in [0, 0.05) is 0 Å². The molecule has 0 bridgehead atoms. The Morgan fingerprint density at radius 1 is 1.06 bits per heavy atom. The largest absolute Gasteiger partial charge is 0.457 e. The maximum absolute atomic E-state index is 9.04. The zero-order chi connectivity index (χ0) is 12.4. The van der Waals surface area contributed by atoms with Crippen molar-refractivity contribution < 1.29 is 9.94 Å². The lowest BCUT2D eigenvalue weighted by molar-refractivity contribution is 0.126. The Hall–Kier alpha value is -1.84. The van der Waals surface area contributed by atoms with Crippen molar-refractivity contribution >= 4 is 0 Å². The quantitative estimate of drug-likeness (QED) is 0.809. The standard InChI is InChI=1S/C15H15NO2/c17-16-15-9-6-11-10-13(7-8-14(11)15)18-12-4-2-1-3-5-12/h1-5,7-8,10,15-17H,6,9H2. The van der Waals surface area contributed by atoms with Gasteiger partial charge < -0.3 is 9.94 Å². The summed E-state index contributed by atoms with van der Waals surface area (Å²) in [6.45, 7) is 0. The van der Waals surface area contributed by atoms with Crippen LogP contribution in [-0.4, -0.2) is 5.21 Å². The van der Waals surface area contributed by atoms with E-state index in [4.69, 9.17) is 9.94 Å². The fraction of sp³-hybridized carbons (Fsp3) is 0.200. The molecular weight excluding hydrogens is 226 g/mol. The van der Waals surface area contributed by atoms with Crippen LogP contribution in [0.2, 0.25) is 0 Å². The molecule has 2 N–H and O–H groups in total. The summed E-state index contributed by atoms with van der Waals surface area (Å²) in [5.74, 6) is 1.69. The number of hydroxylamine groups is 1. The number of hydrogen-bond donors (Lipinski definition) is 2. The van der Waals surface area contributed by atoms with E-state index in [0.29, 0.717) is 0 Å². The maximum Gasteiger partial charge on any atom is 0.127 e. The predicted octanol–water partition coefficient (Wildman–Crippen LogP) is 3.45. The van der Waals surface area contributed by atoms with Crippen LogP contribution in [0.5, 0.6) is 11.5 Å². The fourth-order valence-electron chi connectivity index (χ4n) is 2.42. The summed E-state index contributed by atoms with van der Waals surface area (Å²) in [6.07, 6.45) is 1.90. The van der Waals surface area contributed by atoms with Gasteiger partial charge in [-0.15, -0.1) is 0 Å². The lowest BCUT2D eigenvalue weighted by Gasteiger charge is -2.10. The molecule has 0 saturated carbocycles. The summed E-state index contributed by atoms with van der Waals surface area (Å²) < 4.78 is 5.79. The first kappa shape index (κ1) is 11.3. The number of benzene rings is 2. The van der Waals surface area contributed by atoms with Crippen LogP contribution < -0.4 is 10.2 Å². The number of ether oxygens (including phenoxy) is 1. The van der Waals surface area contributed by atoms with Crippen LogP contribution in [0.15, 0.2) is 48.5 Å². The van der Waals surface area contributed by atoms with Gasteiger partial charge in [0.05, 0.1) is 6.04 Å². The van der Waals surface area contributed by atoms with E-state index in [1.807, 2.05) is 42.5 Å². The third kappa shape index (κ3) is 2.10. The lowest BCUT2D eigenvalue weighted by atomic mass is 10.1. The first-order valence-corrected chi connectivity index (χ1v) is 6.12. The molecule has 1 unspecified atom stereocenters. The molecule has 18 heavy (non-hydrogen) atoms. The van der Waals surface area contributed by atoms with Gasteiger partial charge in [0.1, 0.15) is 11.5 Å². The summed E-state index contributed by atoms with van der Waals surface area (Å²) >= 11 is 0. The van der Waals surface area contributed by atoms with Gasteiger partial charge in [-0.3, -0.25) is 0 Å². The molecule has 1 atom stereocenters. The van der Waals surface area contributed by atoms with Gasteiger partial charge in [-0.25, -0.2) is 0 Å². The van der Waals surface area contributed by atoms with E-state index in [0.717, 1.165) is 29.9 Å². The van der Waals surface area contributed by atoms with E-state index < -0.39 is 0 Å². The van der Waals surface area contributed by atoms with Crippen LogP contribution in [0.25, 0.3) is 0 Å². The molecule has 0 spiro atoms. The first-order chi connectivity index (χ1) is 8.86. The molecule has 0 heterocycles. The van der Waals surface area contributed by atoms with E-state index in [9.17, 15) is 0 Å². The number of aryl methyl sites for hydroxylation is 1. The molecule has 92 valence electrons. The smallest absolute Gasteiger partial charge is 0.127 e. The van der Waals surface area contributed by atoms with Crippen molar-refractivity contribution in [2.75, 3.05) is 0 Å². The van der Waals surface area contributed by atoms with Crippen LogP contribution >= 0.6 is 0 Å². The summed E-state index contributed by atoms with van der Waals surface area (Å²) in [7, 11) is 0. The third-order valence-corrected chi connectivity index (χ3v) is 3.33. The third-order valence-electron chi connectivity index (χ3n) is 3.33. The van der Waals surface area contributed by atoms with Crippen molar-refractivity contribution in [1.29, 1.82) is 0 Å². The molecule has 0 radical (unpaired) electrons. The second kappa shape index (κ2) is 4.80. The minimum absolute atomic E-state index is 0.0609. The van der Waals surface area contributed by atoms with Crippen molar-refractivity contribution in [2.24, 2.45) is 0 Å². The van der Waals surface area contributed by atoms with E-state index in [-0.39, 0.29) is 6.04 Å². The number of rotatable bonds is 3. The van der Waals surface area contributed by atoms with Crippen molar-refractivity contribution in [2.45, 2.75) is 18.9 Å². The van der Waals surface area contributed by atoms with Gasteiger partial charge in [-0.2, -0.15) is 5.48 Å². The van der Waals surface area contributed by atoms with Gasteiger partial charge in [-0.05, 0) is 48.2 Å². The Labute approximate surface area is 106 Å². The number of fused-ring (bicyclic) bond motifs is 1. The Kier molecular flexibility index (Phi) is 3.00. The average Bonchev–Trinajstić information content (AvgIpc) is 2.82. The van der Waals surface area contributed by atoms with Crippen molar-refractivity contribution in [3.63, 3.8) is 0 Å². The molecule has 0 aliphatic heterocycles. The Morgan fingerprint density at radius 2 is 1.89 bits per heavy atom. The van der Waals surface area contributed by atoms with Crippen LogP contribution in [0.3, 0.4) is 0 Å². The Balaban J connectivity index is 1.84. The van der Waals surface area contributed by atoms with Gasteiger partial charge in [0.2, 0.25) is 0 Å². The van der Waals surface area contributed by atoms with E-state index >= 15 is 0 Å². The summed E-state index contributed by atoms with van der Waals surface area (Å²) in [4.78, 5) is 0. The molecule has 3 rings (SSSR count). The molecule has 0 saturated heterocycles. The van der Waals surface area contributed by atoms with Crippen LogP contribution in [-0.2, 0) is 6.42 Å². The first-order valence-electron chi connectivity index (χ1n) is 6.12. The molecule has 0 aromatic heterocycles. The summed E-state index contributed by atoms with van der Waals surface area (Å²) in [5.41, 5.74) is 4.76. The number of nitrogens with one attached hydrogen (secondary N) is 1. The van der Waals surface area contributed by atoms with Crippen LogP contribution in [0.1, 0.15) is 23.6 Å². The zero-order valence-electron chi connectivity index (χ0n) is 9.97. The van der Waals surface area contributed by atoms with E-state index in [1.165, 1.54) is 5.56 Å². The summed E-state index contributed by atoms with van der Waals surface area (Å²) in [6, 6.07) is 15.8. The lowest BCUT2D eigenvalue weighted by Crippen LogP contribution is -2.13. The normalized spacial score (nSPS) is 17.5. The maximum atomic E-state index is 9.04. The minimum Gasteiger partial charge on any atom is -0.457 e. The molecule has 1 aliphatic rings. The van der Waals surface area contributed by atoms with Gasteiger partial charge >= 0.3 is 0 Å². The molecule has 2 aromatic carbocycles. The highest BCUT2D eigenvalue weighted by molar-refractivity contribution is 5.42. The zero-order valence-corrected chi connectivity index (χ0v) is 9.97.